The summed E-state index contributed by atoms with van der Waals surface area (Å²) in [6, 6.07) is 0. The second-order valence-corrected chi connectivity index (χ2v) is 4.62. The number of aromatic nitrogens is 2. The van der Waals surface area contributed by atoms with Gasteiger partial charge in [0.25, 0.3) is 0 Å². The lowest BCUT2D eigenvalue weighted by Crippen LogP contribution is -2.41. The highest BCUT2D eigenvalue weighted by atomic mass is 19.4. The minimum Gasteiger partial charge on any atom is -0.339 e. The number of nitrogens with zero attached hydrogens (tertiary/aromatic N) is 3. The Bertz CT molecular complexity index is 422. The second-order valence-electron chi connectivity index (χ2n) is 4.62. The molecule has 2 aliphatic heterocycles. The standard InChI is InChI=1S/C9H12F3N4O/c10-9(11,12)16(1-2-16)5-7-14-8(17-15-7)6-3-13-4-6/h6,13H,1-5H2/q+1. The van der Waals surface area contributed by atoms with Crippen LogP contribution in [0.4, 0.5) is 13.2 Å². The van der Waals surface area contributed by atoms with Crippen molar-refractivity contribution in [1.82, 2.24) is 15.5 Å². The summed E-state index contributed by atoms with van der Waals surface area (Å²) >= 11 is 0. The van der Waals surface area contributed by atoms with E-state index in [1.807, 2.05) is 0 Å². The van der Waals surface area contributed by atoms with Gasteiger partial charge >= 0.3 is 6.30 Å². The van der Waals surface area contributed by atoms with E-state index in [9.17, 15) is 13.2 Å². The van der Waals surface area contributed by atoms with E-state index in [0.717, 1.165) is 13.1 Å². The maximum atomic E-state index is 12.7. The summed E-state index contributed by atoms with van der Waals surface area (Å²) in [5.74, 6) is 0.757. The maximum Gasteiger partial charge on any atom is 0.561 e. The van der Waals surface area contributed by atoms with Crippen molar-refractivity contribution < 1.29 is 22.2 Å². The Morgan fingerprint density at radius 3 is 2.53 bits per heavy atom. The van der Waals surface area contributed by atoms with Gasteiger partial charge < -0.3 is 9.84 Å². The van der Waals surface area contributed by atoms with E-state index in [1.54, 1.807) is 0 Å². The monoisotopic (exact) mass is 249 g/mol. The minimum absolute atomic E-state index is 0.109. The van der Waals surface area contributed by atoms with Crippen LogP contribution in [-0.4, -0.2) is 47.1 Å². The summed E-state index contributed by atoms with van der Waals surface area (Å²) in [5, 5.41) is 6.67. The van der Waals surface area contributed by atoms with Crippen LogP contribution in [-0.2, 0) is 6.54 Å². The molecule has 3 heterocycles. The van der Waals surface area contributed by atoms with Gasteiger partial charge in [0.05, 0.1) is 5.92 Å². The zero-order valence-electron chi connectivity index (χ0n) is 9.00. The Morgan fingerprint density at radius 1 is 1.35 bits per heavy atom. The first-order valence-electron chi connectivity index (χ1n) is 5.46. The van der Waals surface area contributed by atoms with Crippen LogP contribution in [0.25, 0.3) is 0 Å². The van der Waals surface area contributed by atoms with E-state index in [0.29, 0.717) is 5.89 Å². The van der Waals surface area contributed by atoms with Gasteiger partial charge in [-0.3, -0.25) is 0 Å². The summed E-state index contributed by atoms with van der Waals surface area (Å²) < 4.78 is 42.2. The minimum atomic E-state index is -4.22. The van der Waals surface area contributed by atoms with Crippen LogP contribution in [0, 0.1) is 0 Å². The number of hydrogen-bond donors (Lipinski definition) is 1. The van der Waals surface area contributed by atoms with E-state index in [-0.39, 0.29) is 31.4 Å². The van der Waals surface area contributed by atoms with Crippen LogP contribution in [0.1, 0.15) is 17.6 Å². The lowest BCUT2D eigenvalue weighted by Gasteiger charge is -2.22. The van der Waals surface area contributed by atoms with E-state index < -0.39 is 10.8 Å². The molecule has 2 aliphatic rings. The molecule has 0 atom stereocenters. The van der Waals surface area contributed by atoms with Gasteiger partial charge in [0.15, 0.2) is 6.54 Å². The quantitative estimate of drug-likeness (QED) is 0.484. The number of hydrogen-bond acceptors (Lipinski definition) is 4. The molecular weight excluding hydrogens is 237 g/mol. The zero-order valence-corrected chi connectivity index (χ0v) is 9.00. The first-order chi connectivity index (χ1) is 8.00. The third-order valence-electron chi connectivity index (χ3n) is 3.36. The molecule has 0 unspecified atom stereocenters. The van der Waals surface area contributed by atoms with E-state index >= 15 is 0 Å². The Labute approximate surface area is 95.2 Å². The number of nitrogens with one attached hydrogen (secondary N) is 1. The Morgan fingerprint density at radius 2 is 2.06 bits per heavy atom. The molecule has 5 nitrogen and oxygen atoms in total. The fourth-order valence-corrected chi connectivity index (χ4v) is 1.85. The van der Waals surface area contributed by atoms with Gasteiger partial charge in [0, 0.05) is 13.1 Å². The second kappa shape index (κ2) is 3.42. The average Bonchev–Trinajstić information content (AvgIpc) is 2.79. The predicted octanol–water partition coefficient (Wildman–Crippen LogP) is 0.607. The third kappa shape index (κ3) is 1.81. The fourth-order valence-electron chi connectivity index (χ4n) is 1.85. The summed E-state index contributed by atoms with van der Waals surface area (Å²) in [4.78, 5) is 4.04. The summed E-state index contributed by atoms with van der Waals surface area (Å²) in [6.07, 6.45) is -4.22. The Hall–Kier alpha value is -1.15. The van der Waals surface area contributed by atoms with Crippen molar-refractivity contribution in [2.75, 3.05) is 26.2 Å². The van der Waals surface area contributed by atoms with Crippen molar-refractivity contribution in [2.45, 2.75) is 18.8 Å². The molecule has 2 fully saturated rings. The van der Waals surface area contributed by atoms with Gasteiger partial charge in [-0.15, -0.1) is 13.2 Å². The van der Waals surface area contributed by atoms with Crippen LogP contribution < -0.4 is 5.32 Å². The average molecular weight is 249 g/mol. The van der Waals surface area contributed by atoms with E-state index in [2.05, 4.69) is 15.5 Å². The number of alkyl halides is 3. The topological polar surface area (TPSA) is 51.0 Å². The molecule has 8 heteroatoms. The molecule has 1 aromatic heterocycles. The summed E-state index contributed by atoms with van der Waals surface area (Å²) in [6.45, 7) is 1.51. The van der Waals surface area contributed by atoms with Crippen molar-refractivity contribution in [1.29, 1.82) is 0 Å². The van der Waals surface area contributed by atoms with Crippen molar-refractivity contribution in [2.24, 2.45) is 0 Å². The van der Waals surface area contributed by atoms with Gasteiger partial charge in [0.2, 0.25) is 11.7 Å². The van der Waals surface area contributed by atoms with Crippen molar-refractivity contribution in [3.05, 3.63) is 11.7 Å². The van der Waals surface area contributed by atoms with Crippen LogP contribution in [0.15, 0.2) is 4.52 Å². The maximum absolute atomic E-state index is 12.7. The SMILES string of the molecule is FC(F)(F)[N+]1(Cc2noc(C3CNC3)n2)CC1. The summed E-state index contributed by atoms with van der Waals surface area (Å²) in [7, 11) is 0. The van der Waals surface area contributed by atoms with E-state index in [1.165, 1.54) is 0 Å². The highest BCUT2D eigenvalue weighted by Crippen LogP contribution is 2.40. The number of rotatable bonds is 3. The van der Waals surface area contributed by atoms with Crippen molar-refractivity contribution >= 4 is 0 Å². The molecule has 0 spiro atoms. The number of quaternary nitrogens is 1. The Kier molecular flexibility index (Phi) is 2.21. The molecule has 0 aliphatic carbocycles. The third-order valence-corrected chi connectivity index (χ3v) is 3.36. The molecule has 0 saturated carbocycles. The first kappa shape index (κ1) is 11.0. The molecule has 94 valence electrons. The highest BCUT2D eigenvalue weighted by molar-refractivity contribution is 5.00. The normalized spacial score (nSPS) is 23.5. The molecule has 17 heavy (non-hydrogen) atoms. The molecule has 0 amide bonds. The van der Waals surface area contributed by atoms with Gasteiger partial charge in [-0.25, -0.2) is 4.48 Å². The van der Waals surface area contributed by atoms with Gasteiger partial charge in [-0.1, -0.05) is 5.16 Å². The van der Waals surface area contributed by atoms with Crippen LogP contribution in [0.2, 0.25) is 0 Å². The molecule has 0 aromatic carbocycles. The largest absolute Gasteiger partial charge is 0.561 e. The molecule has 1 aromatic rings. The van der Waals surface area contributed by atoms with Crippen LogP contribution in [0.5, 0.6) is 0 Å². The van der Waals surface area contributed by atoms with Gasteiger partial charge in [-0.2, -0.15) is 4.98 Å². The van der Waals surface area contributed by atoms with Gasteiger partial charge in [-0.05, 0) is 0 Å². The Balaban J connectivity index is 1.71. The fraction of sp³-hybridized carbons (Fsp3) is 0.778. The van der Waals surface area contributed by atoms with E-state index in [4.69, 9.17) is 4.52 Å². The molecule has 0 radical (unpaired) electrons. The van der Waals surface area contributed by atoms with Gasteiger partial charge in [0.1, 0.15) is 13.1 Å². The molecular formula is C9H12F3N4O+. The molecule has 3 rings (SSSR count). The lowest BCUT2D eigenvalue weighted by molar-refractivity contribution is -0.935. The molecule has 0 bridgehead atoms. The van der Waals surface area contributed by atoms with Crippen LogP contribution in [0.3, 0.4) is 0 Å². The number of halogens is 3. The van der Waals surface area contributed by atoms with Crippen LogP contribution >= 0.6 is 0 Å². The molecule has 1 N–H and O–H groups in total. The first-order valence-corrected chi connectivity index (χ1v) is 5.46. The highest BCUT2D eigenvalue weighted by Gasteiger charge is 2.65. The predicted molar refractivity (Wildman–Crippen MR) is 49.7 cm³/mol. The molecule has 2 saturated heterocycles. The van der Waals surface area contributed by atoms with Crippen molar-refractivity contribution in [3.63, 3.8) is 0 Å². The summed E-state index contributed by atoms with van der Waals surface area (Å²) in [5.41, 5.74) is 0. The van der Waals surface area contributed by atoms with Crippen molar-refractivity contribution in [3.8, 4) is 0 Å². The zero-order chi connectivity index (χ0) is 12.1. The smallest absolute Gasteiger partial charge is 0.339 e. The lowest BCUT2D eigenvalue weighted by atomic mass is 10.0.